The van der Waals surface area contributed by atoms with Crippen LogP contribution in [0.5, 0.6) is 0 Å². The number of carbonyl (C=O) groups excluding carboxylic acids is 1. The number of anilines is 1. The highest BCUT2D eigenvalue weighted by Gasteiger charge is 2.08. The van der Waals surface area contributed by atoms with Crippen LogP contribution in [0.1, 0.15) is 25.8 Å². The van der Waals surface area contributed by atoms with Crippen molar-refractivity contribution >= 4 is 22.5 Å². The average Bonchev–Trinajstić information content (AvgIpc) is 2.66. The summed E-state index contributed by atoms with van der Waals surface area (Å²) in [6.45, 7) is 4.61. The van der Waals surface area contributed by atoms with Crippen LogP contribution in [0.2, 0.25) is 0 Å². The van der Waals surface area contributed by atoms with Crippen LogP contribution in [0, 0.1) is 0 Å². The van der Waals surface area contributed by atoms with E-state index in [0.717, 1.165) is 5.56 Å². The summed E-state index contributed by atoms with van der Waals surface area (Å²) in [6, 6.07) is 14.5. The third-order valence-electron chi connectivity index (χ3n) is 3.97. The van der Waals surface area contributed by atoms with E-state index in [1.54, 1.807) is 24.3 Å². The van der Waals surface area contributed by atoms with E-state index in [9.17, 15) is 9.59 Å². The number of aryl methyl sites for hydroxylation is 1. The molecule has 0 atom stereocenters. The molecule has 0 spiro atoms. The molecular formula is C20H22N4O3. The minimum atomic E-state index is -0.249. The normalized spacial score (nSPS) is 11.1. The van der Waals surface area contributed by atoms with Gasteiger partial charge in [-0.15, -0.1) is 5.10 Å². The van der Waals surface area contributed by atoms with E-state index in [2.05, 4.69) is 15.6 Å². The fraction of sp³-hybridized carbons (Fsp3) is 0.300. The summed E-state index contributed by atoms with van der Waals surface area (Å²) in [5, 5.41) is 11.2. The molecule has 0 unspecified atom stereocenters. The molecule has 1 aromatic heterocycles. The molecule has 0 aliphatic rings. The molecule has 0 fully saturated rings. The van der Waals surface area contributed by atoms with Gasteiger partial charge in [-0.05, 0) is 43.7 Å². The Labute approximate surface area is 157 Å². The van der Waals surface area contributed by atoms with E-state index in [1.807, 2.05) is 38.1 Å². The molecule has 7 nitrogen and oxygen atoms in total. The molecule has 0 saturated carbocycles. The van der Waals surface area contributed by atoms with Crippen LogP contribution in [0.4, 0.5) is 5.69 Å². The van der Waals surface area contributed by atoms with Gasteiger partial charge in [-0.1, -0.05) is 29.5 Å². The van der Waals surface area contributed by atoms with Gasteiger partial charge in [0, 0.05) is 12.1 Å². The Balaban J connectivity index is 1.61. The highest BCUT2D eigenvalue weighted by Crippen LogP contribution is 2.13. The molecule has 0 radical (unpaired) electrons. The Morgan fingerprint density at radius 1 is 1.19 bits per heavy atom. The summed E-state index contributed by atoms with van der Waals surface area (Å²) in [6.07, 6.45) is 0.268. The van der Waals surface area contributed by atoms with Crippen molar-refractivity contribution in [3.63, 3.8) is 0 Å². The summed E-state index contributed by atoms with van der Waals surface area (Å²) in [5.74, 6) is -0.196. The SMILES string of the molecule is CC(C)OCc1cccc(NC(=O)CCn2nnc3ccccc3c2=O)c1. The zero-order chi connectivity index (χ0) is 19.2. The number of hydrogen-bond donors (Lipinski definition) is 1. The van der Waals surface area contributed by atoms with Crippen molar-refractivity contribution < 1.29 is 9.53 Å². The summed E-state index contributed by atoms with van der Waals surface area (Å²) >= 11 is 0. The molecule has 0 aliphatic carbocycles. The second-order valence-corrected chi connectivity index (χ2v) is 6.49. The number of benzene rings is 2. The van der Waals surface area contributed by atoms with Crippen LogP contribution in [0.15, 0.2) is 53.3 Å². The van der Waals surface area contributed by atoms with Gasteiger partial charge in [0.25, 0.3) is 5.56 Å². The first-order chi connectivity index (χ1) is 13.0. The Bertz CT molecular complexity index is 998. The Kier molecular flexibility index (Phi) is 5.93. The molecule has 0 saturated heterocycles. The van der Waals surface area contributed by atoms with Gasteiger partial charge in [-0.3, -0.25) is 9.59 Å². The lowest BCUT2D eigenvalue weighted by molar-refractivity contribution is -0.116. The number of nitrogens with one attached hydrogen (secondary N) is 1. The predicted molar refractivity (Wildman–Crippen MR) is 103 cm³/mol. The smallest absolute Gasteiger partial charge is 0.277 e. The number of hydrogen-bond acceptors (Lipinski definition) is 5. The van der Waals surface area contributed by atoms with E-state index in [1.165, 1.54) is 4.68 Å². The minimum Gasteiger partial charge on any atom is -0.374 e. The van der Waals surface area contributed by atoms with Crippen LogP contribution in [0.3, 0.4) is 0 Å². The van der Waals surface area contributed by atoms with Crippen LogP contribution in [0.25, 0.3) is 10.9 Å². The van der Waals surface area contributed by atoms with E-state index in [4.69, 9.17) is 4.74 Å². The maximum absolute atomic E-state index is 12.4. The molecular weight excluding hydrogens is 344 g/mol. The number of carbonyl (C=O) groups is 1. The van der Waals surface area contributed by atoms with Gasteiger partial charge in [0.1, 0.15) is 5.52 Å². The summed E-state index contributed by atoms with van der Waals surface area (Å²) < 4.78 is 6.79. The van der Waals surface area contributed by atoms with Crippen LogP contribution >= 0.6 is 0 Å². The Morgan fingerprint density at radius 2 is 2.00 bits per heavy atom. The van der Waals surface area contributed by atoms with Crippen LogP contribution in [-0.2, 0) is 22.7 Å². The fourth-order valence-electron chi connectivity index (χ4n) is 2.60. The van der Waals surface area contributed by atoms with Gasteiger partial charge in [0.15, 0.2) is 0 Å². The molecule has 1 heterocycles. The van der Waals surface area contributed by atoms with Crippen LogP contribution in [-0.4, -0.2) is 27.0 Å². The molecule has 3 rings (SSSR count). The lowest BCUT2D eigenvalue weighted by atomic mass is 10.2. The van der Waals surface area contributed by atoms with Crippen LogP contribution < -0.4 is 10.9 Å². The highest BCUT2D eigenvalue weighted by molar-refractivity contribution is 5.90. The van der Waals surface area contributed by atoms with E-state index >= 15 is 0 Å². The molecule has 0 aliphatic heterocycles. The molecule has 7 heteroatoms. The quantitative estimate of drug-likeness (QED) is 0.695. The second-order valence-electron chi connectivity index (χ2n) is 6.49. The number of rotatable bonds is 7. The number of fused-ring (bicyclic) bond motifs is 1. The van der Waals surface area contributed by atoms with Crippen molar-refractivity contribution in [1.29, 1.82) is 0 Å². The van der Waals surface area contributed by atoms with Crippen molar-refractivity contribution in [2.24, 2.45) is 0 Å². The third kappa shape index (κ3) is 4.98. The Hall–Kier alpha value is -3.06. The predicted octanol–water partition coefficient (Wildman–Crippen LogP) is 2.75. The van der Waals surface area contributed by atoms with Crippen molar-refractivity contribution in [2.45, 2.75) is 39.5 Å². The van der Waals surface area contributed by atoms with Gasteiger partial charge in [0.2, 0.25) is 5.91 Å². The molecule has 3 aromatic rings. The van der Waals surface area contributed by atoms with Gasteiger partial charge < -0.3 is 10.1 Å². The van der Waals surface area contributed by atoms with Crippen molar-refractivity contribution in [2.75, 3.05) is 5.32 Å². The summed E-state index contributed by atoms with van der Waals surface area (Å²) in [7, 11) is 0. The van der Waals surface area contributed by atoms with Gasteiger partial charge in [-0.25, -0.2) is 4.68 Å². The maximum Gasteiger partial charge on any atom is 0.277 e. The number of ether oxygens (including phenoxy) is 1. The van der Waals surface area contributed by atoms with E-state index in [-0.39, 0.29) is 30.5 Å². The summed E-state index contributed by atoms with van der Waals surface area (Å²) in [4.78, 5) is 24.6. The maximum atomic E-state index is 12.4. The first-order valence-electron chi connectivity index (χ1n) is 8.86. The Morgan fingerprint density at radius 3 is 2.81 bits per heavy atom. The van der Waals surface area contributed by atoms with Gasteiger partial charge in [0.05, 0.1) is 24.6 Å². The third-order valence-corrected chi connectivity index (χ3v) is 3.97. The largest absolute Gasteiger partial charge is 0.374 e. The molecule has 1 N–H and O–H groups in total. The first-order valence-corrected chi connectivity index (χ1v) is 8.86. The van der Waals surface area contributed by atoms with Gasteiger partial charge in [-0.2, -0.15) is 0 Å². The second kappa shape index (κ2) is 8.55. The minimum absolute atomic E-state index is 0.125. The van der Waals surface area contributed by atoms with E-state index < -0.39 is 0 Å². The molecule has 1 amide bonds. The van der Waals surface area contributed by atoms with Crippen molar-refractivity contribution in [1.82, 2.24) is 15.0 Å². The molecule has 2 aromatic carbocycles. The van der Waals surface area contributed by atoms with Gasteiger partial charge >= 0.3 is 0 Å². The topological polar surface area (TPSA) is 86.1 Å². The zero-order valence-electron chi connectivity index (χ0n) is 15.4. The average molecular weight is 366 g/mol. The van der Waals surface area contributed by atoms with E-state index in [0.29, 0.717) is 23.2 Å². The van der Waals surface area contributed by atoms with Crippen molar-refractivity contribution in [3.8, 4) is 0 Å². The zero-order valence-corrected chi connectivity index (χ0v) is 15.4. The van der Waals surface area contributed by atoms with Crippen molar-refractivity contribution in [3.05, 3.63) is 64.4 Å². The number of nitrogens with zero attached hydrogens (tertiary/aromatic N) is 3. The lowest BCUT2D eigenvalue weighted by Gasteiger charge is -2.10. The molecule has 140 valence electrons. The molecule has 0 bridgehead atoms. The first kappa shape index (κ1) is 18.7. The monoisotopic (exact) mass is 366 g/mol. The summed E-state index contributed by atoms with van der Waals surface area (Å²) in [5.41, 5.74) is 1.98. The fourth-order valence-corrected chi connectivity index (χ4v) is 2.60. The highest BCUT2D eigenvalue weighted by atomic mass is 16.5. The molecule has 27 heavy (non-hydrogen) atoms. The number of amides is 1. The lowest BCUT2D eigenvalue weighted by Crippen LogP contribution is -2.26. The standard InChI is InChI=1S/C20H22N4O3/c1-14(2)27-13-15-6-5-7-16(12-15)21-19(25)10-11-24-20(26)17-8-3-4-9-18(17)22-23-24/h3-9,12,14H,10-11,13H2,1-2H3,(H,21,25). The number of aromatic nitrogens is 3.